The molecule has 20 heavy (non-hydrogen) atoms. The van der Waals surface area contributed by atoms with Gasteiger partial charge in [0.15, 0.2) is 0 Å². The zero-order valence-corrected chi connectivity index (χ0v) is 15.3. The lowest BCUT2D eigenvalue weighted by Gasteiger charge is -2.14. The average Bonchev–Trinajstić information content (AvgIpc) is 2.80. The third-order valence-electron chi connectivity index (χ3n) is 2.11. The first-order valence-corrected chi connectivity index (χ1v) is 8.01. The standard InChI is InChI=1S/C8H10IN3S.C5H10O2/c1-12(2)4-5-3-6-7(13-5)8(9)11-10-6;1-5(2,3)7-4-6/h3H,4H2,1-2H3,(H,10,11);4H,1-3H3. The van der Waals surface area contributed by atoms with Crippen molar-refractivity contribution in [3.63, 3.8) is 0 Å². The van der Waals surface area contributed by atoms with Crippen molar-refractivity contribution >= 4 is 50.6 Å². The summed E-state index contributed by atoms with van der Waals surface area (Å²) in [6, 6.07) is 2.15. The molecule has 0 bridgehead atoms. The minimum Gasteiger partial charge on any atom is -0.462 e. The third kappa shape index (κ3) is 5.76. The Hall–Kier alpha value is -0.670. The summed E-state index contributed by atoms with van der Waals surface area (Å²) < 4.78 is 6.97. The van der Waals surface area contributed by atoms with Crippen molar-refractivity contribution < 1.29 is 9.53 Å². The second kappa shape index (κ2) is 7.37. The molecule has 112 valence electrons. The smallest absolute Gasteiger partial charge is 0.293 e. The molecule has 0 aliphatic heterocycles. The number of aromatic amines is 1. The van der Waals surface area contributed by atoms with Gasteiger partial charge >= 0.3 is 0 Å². The molecule has 0 saturated heterocycles. The molecule has 0 atom stereocenters. The van der Waals surface area contributed by atoms with Crippen LogP contribution in [0.3, 0.4) is 0 Å². The first-order chi connectivity index (χ1) is 9.23. The molecule has 0 fully saturated rings. The molecule has 0 spiro atoms. The van der Waals surface area contributed by atoms with Gasteiger partial charge in [-0.25, -0.2) is 0 Å². The first kappa shape index (κ1) is 17.4. The Kier molecular flexibility index (Phi) is 6.41. The van der Waals surface area contributed by atoms with Crippen LogP contribution in [0.2, 0.25) is 0 Å². The summed E-state index contributed by atoms with van der Waals surface area (Å²) in [5.74, 6) is 0. The van der Waals surface area contributed by atoms with Crippen LogP contribution < -0.4 is 0 Å². The van der Waals surface area contributed by atoms with E-state index >= 15 is 0 Å². The maximum absolute atomic E-state index is 9.60. The van der Waals surface area contributed by atoms with E-state index in [1.807, 2.05) is 32.1 Å². The van der Waals surface area contributed by atoms with Crippen molar-refractivity contribution in [2.24, 2.45) is 0 Å². The van der Waals surface area contributed by atoms with Crippen molar-refractivity contribution in [3.8, 4) is 0 Å². The Bertz CT molecular complexity index is 557. The average molecular weight is 409 g/mol. The number of fused-ring (bicyclic) bond motifs is 1. The highest BCUT2D eigenvalue weighted by Gasteiger charge is 2.08. The van der Waals surface area contributed by atoms with Crippen LogP contribution in [0, 0.1) is 3.70 Å². The summed E-state index contributed by atoms with van der Waals surface area (Å²) in [5, 5.41) is 7.18. The lowest BCUT2D eigenvalue weighted by molar-refractivity contribution is -0.138. The molecule has 0 aromatic carbocycles. The van der Waals surface area contributed by atoms with Gasteiger partial charge in [0.05, 0.1) is 4.70 Å². The molecule has 0 aliphatic carbocycles. The van der Waals surface area contributed by atoms with Crippen molar-refractivity contribution in [3.05, 3.63) is 14.6 Å². The van der Waals surface area contributed by atoms with Crippen LogP contribution in [-0.4, -0.2) is 41.3 Å². The van der Waals surface area contributed by atoms with Crippen LogP contribution in [0.1, 0.15) is 25.6 Å². The van der Waals surface area contributed by atoms with E-state index in [0.29, 0.717) is 6.47 Å². The van der Waals surface area contributed by atoms with E-state index in [4.69, 9.17) is 0 Å². The number of halogens is 1. The van der Waals surface area contributed by atoms with Gasteiger partial charge in [0.25, 0.3) is 6.47 Å². The molecular formula is C13H20IN3O2S. The summed E-state index contributed by atoms with van der Waals surface area (Å²) in [6.45, 7) is 6.92. The summed E-state index contributed by atoms with van der Waals surface area (Å²) in [6.07, 6.45) is 0. The zero-order chi connectivity index (χ0) is 15.3. The van der Waals surface area contributed by atoms with E-state index in [9.17, 15) is 4.79 Å². The fourth-order valence-electron chi connectivity index (χ4n) is 1.37. The number of nitrogens with zero attached hydrogens (tertiary/aromatic N) is 2. The topological polar surface area (TPSA) is 58.2 Å². The van der Waals surface area contributed by atoms with E-state index in [-0.39, 0.29) is 5.60 Å². The number of aromatic nitrogens is 2. The van der Waals surface area contributed by atoms with Crippen molar-refractivity contribution in [1.82, 2.24) is 15.1 Å². The second-order valence-electron chi connectivity index (χ2n) is 5.53. The molecule has 0 amide bonds. The number of nitrogens with one attached hydrogen (secondary N) is 1. The fourth-order valence-corrected chi connectivity index (χ4v) is 3.19. The van der Waals surface area contributed by atoms with Crippen molar-refractivity contribution in [2.45, 2.75) is 32.9 Å². The van der Waals surface area contributed by atoms with Crippen molar-refractivity contribution in [1.29, 1.82) is 0 Å². The maximum Gasteiger partial charge on any atom is 0.293 e. The summed E-state index contributed by atoms with van der Waals surface area (Å²) in [7, 11) is 4.16. The number of carbonyl (C=O) groups excluding carboxylic acids is 1. The van der Waals surface area contributed by atoms with Gasteiger partial charge in [-0.1, -0.05) is 0 Å². The van der Waals surface area contributed by atoms with Gasteiger partial charge in [-0.3, -0.25) is 9.89 Å². The van der Waals surface area contributed by atoms with E-state index in [1.54, 1.807) is 0 Å². The molecule has 5 nitrogen and oxygen atoms in total. The monoisotopic (exact) mass is 409 g/mol. The Morgan fingerprint density at radius 1 is 1.50 bits per heavy atom. The Labute approximate surface area is 136 Å². The largest absolute Gasteiger partial charge is 0.462 e. The number of H-pyrrole nitrogens is 1. The molecule has 2 heterocycles. The lowest BCUT2D eigenvalue weighted by atomic mass is 10.2. The molecule has 0 unspecified atom stereocenters. The van der Waals surface area contributed by atoms with Gasteiger partial charge < -0.3 is 9.64 Å². The fraction of sp³-hybridized carbons (Fsp3) is 0.538. The minimum absolute atomic E-state index is 0.318. The van der Waals surface area contributed by atoms with Gasteiger partial charge in [-0.15, -0.1) is 11.3 Å². The van der Waals surface area contributed by atoms with Gasteiger partial charge in [0, 0.05) is 11.4 Å². The van der Waals surface area contributed by atoms with Crippen LogP contribution in [0.5, 0.6) is 0 Å². The second-order valence-corrected chi connectivity index (χ2v) is 7.74. The molecular weight excluding hydrogens is 389 g/mol. The minimum atomic E-state index is -0.318. The van der Waals surface area contributed by atoms with E-state index < -0.39 is 0 Å². The van der Waals surface area contributed by atoms with E-state index in [0.717, 1.165) is 15.8 Å². The van der Waals surface area contributed by atoms with E-state index in [1.165, 1.54) is 9.58 Å². The predicted octanol–water partition coefficient (Wildman–Crippen LogP) is 3.25. The summed E-state index contributed by atoms with van der Waals surface area (Å²) in [5.41, 5.74) is 0.771. The van der Waals surface area contributed by atoms with Gasteiger partial charge in [0.1, 0.15) is 14.8 Å². The zero-order valence-electron chi connectivity index (χ0n) is 12.4. The predicted molar refractivity (Wildman–Crippen MR) is 91.0 cm³/mol. The normalized spacial score (nSPS) is 11.3. The number of carbonyl (C=O) groups is 1. The van der Waals surface area contributed by atoms with Crippen molar-refractivity contribution in [2.75, 3.05) is 14.1 Å². The highest BCUT2D eigenvalue weighted by molar-refractivity contribution is 14.1. The van der Waals surface area contributed by atoms with Crippen LogP contribution in [-0.2, 0) is 16.1 Å². The molecule has 2 aromatic rings. The molecule has 7 heteroatoms. The highest BCUT2D eigenvalue weighted by Crippen LogP contribution is 2.28. The van der Waals surface area contributed by atoms with Crippen LogP contribution in [0.15, 0.2) is 6.07 Å². The number of rotatable bonds is 3. The number of hydrogen-bond acceptors (Lipinski definition) is 5. The van der Waals surface area contributed by atoms with Crippen LogP contribution >= 0.6 is 33.9 Å². The van der Waals surface area contributed by atoms with Gasteiger partial charge in [-0.05, 0) is 63.5 Å². The van der Waals surface area contributed by atoms with Gasteiger partial charge in [0.2, 0.25) is 0 Å². The Morgan fingerprint density at radius 3 is 2.55 bits per heavy atom. The molecule has 0 aliphatic rings. The maximum atomic E-state index is 9.60. The molecule has 2 aromatic heterocycles. The molecule has 1 N–H and O–H groups in total. The molecule has 0 saturated carbocycles. The molecule has 0 radical (unpaired) electrons. The summed E-state index contributed by atoms with van der Waals surface area (Å²) >= 11 is 4.10. The number of thiophene rings is 1. The quantitative estimate of drug-likeness (QED) is 0.625. The Balaban J connectivity index is 0.000000246. The van der Waals surface area contributed by atoms with Gasteiger partial charge in [-0.2, -0.15) is 5.10 Å². The number of hydrogen-bond donors (Lipinski definition) is 1. The first-order valence-electron chi connectivity index (χ1n) is 6.11. The number of ether oxygens (including phenoxy) is 1. The highest BCUT2D eigenvalue weighted by atomic mass is 127. The van der Waals surface area contributed by atoms with E-state index in [2.05, 4.69) is 62.6 Å². The van der Waals surface area contributed by atoms with Crippen LogP contribution in [0.4, 0.5) is 0 Å². The summed E-state index contributed by atoms with van der Waals surface area (Å²) in [4.78, 5) is 13.1. The Morgan fingerprint density at radius 2 is 2.15 bits per heavy atom. The lowest BCUT2D eigenvalue weighted by Crippen LogP contribution is -2.17. The SMILES string of the molecule is CC(C)(C)OC=O.CN(C)Cc1cc2n[nH]c(I)c2s1. The van der Waals surface area contributed by atoms with Crippen LogP contribution in [0.25, 0.3) is 10.2 Å². The third-order valence-corrected chi connectivity index (χ3v) is 4.38. The molecule has 2 rings (SSSR count).